The largest absolute Gasteiger partial charge is 0.307 e. The van der Waals surface area contributed by atoms with Gasteiger partial charge in [-0.2, -0.15) is 0 Å². The molecule has 0 saturated carbocycles. The summed E-state index contributed by atoms with van der Waals surface area (Å²) in [6.07, 6.45) is 7.09. The second kappa shape index (κ2) is 12.4. The fourth-order valence-electron chi connectivity index (χ4n) is 1.72. The van der Waals surface area contributed by atoms with Crippen LogP contribution in [0.4, 0.5) is 0 Å². The summed E-state index contributed by atoms with van der Waals surface area (Å²) >= 11 is 0. The van der Waals surface area contributed by atoms with Gasteiger partial charge in [0.2, 0.25) is 0 Å². The Bertz CT molecular complexity index is 164. The van der Waals surface area contributed by atoms with Gasteiger partial charge < -0.3 is 9.59 Å². The van der Waals surface area contributed by atoms with Gasteiger partial charge in [0, 0.05) is 6.42 Å². The van der Waals surface area contributed by atoms with Gasteiger partial charge in [-0.3, -0.25) is 0 Å². The molecule has 0 amide bonds. The third kappa shape index (κ3) is 15.8. The average molecular weight is 228 g/mol. The zero-order chi connectivity index (χ0) is 13.0. The van der Waals surface area contributed by atoms with Crippen molar-refractivity contribution in [3.8, 4) is 0 Å². The number of ketones is 1. The van der Waals surface area contributed by atoms with Crippen molar-refractivity contribution in [1.82, 2.24) is 0 Å². The minimum absolute atomic E-state index is 0.333. The van der Waals surface area contributed by atoms with Gasteiger partial charge in [0.15, 0.2) is 0 Å². The van der Waals surface area contributed by atoms with Crippen LogP contribution in [-0.2, 0) is 9.59 Å². The zero-order valence-electron chi connectivity index (χ0n) is 11.4. The predicted octanol–water partition coefficient (Wildman–Crippen LogP) is 4.02. The van der Waals surface area contributed by atoms with Crippen molar-refractivity contribution in [1.29, 1.82) is 0 Å². The van der Waals surface area contributed by atoms with E-state index in [0.29, 0.717) is 5.78 Å². The smallest absolute Gasteiger partial charge is 0.129 e. The Morgan fingerprint density at radius 1 is 1.00 bits per heavy atom. The number of hydrogen-bond acceptors (Lipinski definition) is 2. The molecule has 0 fully saturated rings. The first-order valence-electron chi connectivity index (χ1n) is 6.30. The van der Waals surface area contributed by atoms with Crippen molar-refractivity contribution < 1.29 is 9.59 Å². The molecule has 16 heavy (non-hydrogen) atoms. The molecule has 0 spiro atoms. The predicted molar refractivity (Wildman–Crippen MR) is 69.5 cm³/mol. The molecular formula is C14H28O2. The molecule has 0 aliphatic carbocycles. The van der Waals surface area contributed by atoms with Crippen LogP contribution in [0.15, 0.2) is 0 Å². The van der Waals surface area contributed by atoms with E-state index >= 15 is 0 Å². The monoisotopic (exact) mass is 228 g/mol. The number of carbonyl (C=O) groups excluding carboxylic acids is 2. The van der Waals surface area contributed by atoms with Gasteiger partial charge in [-0.05, 0) is 25.2 Å². The van der Waals surface area contributed by atoms with E-state index in [0.717, 1.165) is 24.7 Å². The van der Waals surface area contributed by atoms with Crippen LogP contribution in [0, 0.1) is 11.8 Å². The molecule has 0 radical (unpaired) electrons. The Balaban J connectivity index is 0. The molecule has 0 N–H and O–H groups in total. The first kappa shape index (κ1) is 17.7. The average Bonchev–Trinajstić information content (AvgIpc) is 2.19. The topological polar surface area (TPSA) is 34.1 Å². The van der Waals surface area contributed by atoms with E-state index in [1.165, 1.54) is 25.7 Å². The molecule has 0 aromatic heterocycles. The van der Waals surface area contributed by atoms with E-state index in [1.54, 1.807) is 6.92 Å². The highest BCUT2D eigenvalue weighted by Gasteiger charge is 2.03. The van der Waals surface area contributed by atoms with E-state index in [2.05, 4.69) is 20.8 Å². The summed E-state index contributed by atoms with van der Waals surface area (Å²) in [5, 5.41) is 0. The standard InChI is InChI=1S/C13H26O.CH2O/c1-11(2)7-5-8-12(3)9-6-10-13(4)14;1-2/h11-12H,5-10H2,1-4H3;1H2. The summed E-state index contributed by atoms with van der Waals surface area (Å²) in [6.45, 7) is 10.5. The number of carbonyl (C=O) groups is 2. The van der Waals surface area contributed by atoms with Gasteiger partial charge in [0.25, 0.3) is 0 Å². The molecular weight excluding hydrogens is 200 g/mol. The molecule has 0 saturated heterocycles. The van der Waals surface area contributed by atoms with Crippen molar-refractivity contribution in [3.05, 3.63) is 0 Å². The number of rotatable bonds is 8. The molecule has 1 atom stereocenters. The Morgan fingerprint density at radius 3 is 1.94 bits per heavy atom. The van der Waals surface area contributed by atoms with Crippen LogP contribution in [0.25, 0.3) is 0 Å². The summed E-state index contributed by atoms with van der Waals surface area (Å²) in [7, 11) is 0. The Labute approximate surface area is 101 Å². The maximum absolute atomic E-state index is 10.7. The molecule has 96 valence electrons. The highest BCUT2D eigenvalue weighted by atomic mass is 16.1. The first-order valence-corrected chi connectivity index (χ1v) is 6.30. The zero-order valence-corrected chi connectivity index (χ0v) is 11.4. The minimum atomic E-state index is 0.333. The lowest BCUT2D eigenvalue weighted by atomic mass is 9.95. The van der Waals surface area contributed by atoms with Crippen molar-refractivity contribution in [2.24, 2.45) is 11.8 Å². The molecule has 0 aromatic carbocycles. The van der Waals surface area contributed by atoms with Crippen molar-refractivity contribution in [2.75, 3.05) is 0 Å². The lowest BCUT2D eigenvalue weighted by Crippen LogP contribution is -1.98. The summed E-state index contributed by atoms with van der Waals surface area (Å²) < 4.78 is 0. The van der Waals surface area contributed by atoms with E-state index in [9.17, 15) is 4.79 Å². The van der Waals surface area contributed by atoms with E-state index in [4.69, 9.17) is 4.79 Å². The highest BCUT2D eigenvalue weighted by molar-refractivity contribution is 5.75. The van der Waals surface area contributed by atoms with Gasteiger partial charge in [0.1, 0.15) is 12.6 Å². The van der Waals surface area contributed by atoms with Crippen LogP contribution in [0.2, 0.25) is 0 Å². The molecule has 0 aliphatic rings. The lowest BCUT2D eigenvalue weighted by Gasteiger charge is -2.11. The second-order valence-electron chi connectivity index (χ2n) is 5.02. The summed E-state index contributed by atoms with van der Waals surface area (Å²) in [5.41, 5.74) is 0. The van der Waals surface area contributed by atoms with Crippen LogP contribution in [0.5, 0.6) is 0 Å². The molecule has 2 heteroatoms. The number of hydrogen-bond donors (Lipinski definition) is 0. The minimum Gasteiger partial charge on any atom is -0.307 e. The maximum atomic E-state index is 10.7. The number of Topliss-reactive ketones (excluding diaryl/α,β-unsaturated/α-hetero) is 1. The second-order valence-corrected chi connectivity index (χ2v) is 5.02. The van der Waals surface area contributed by atoms with E-state index in [-0.39, 0.29) is 0 Å². The summed E-state index contributed by atoms with van der Waals surface area (Å²) in [4.78, 5) is 18.7. The van der Waals surface area contributed by atoms with Gasteiger partial charge in [-0.15, -0.1) is 0 Å². The molecule has 0 bridgehead atoms. The quantitative estimate of drug-likeness (QED) is 0.628. The Morgan fingerprint density at radius 2 is 1.50 bits per heavy atom. The van der Waals surface area contributed by atoms with Crippen molar-refractivity contribution in [3.63, 3.8) is 0 Å². The third-order valence-corrected chi connectivity index (χ3v) is 2.70. The van der Waals surface area contributed by atoms with E-state index in [1.807, 2.05) is 6.79 Å². The SMILES string of the molecule is C=O.CC(=O)CCCC(C)CCCC(C)C. The normalized spacial score (nSPS) is 11.8. The van der Waals surface area contributed by atoms with Crippen LogP contribution in [-0.4, -0.2) is 12.6 Å². The molecule has 0 heterocycles. The van der Waals surface area contributed by atoms with Crippen LogP contribution < -0.4 is 0 Å². The Kier molecular flexibility index (Phi) is 13.7. The van der Waals surface area contributed by atoms with Crippen molar-refractivity contribution in [2.45, 2.75) is 66.2 Å². The summed E-state index contributed by atoms with van der Waals surface area (Å²) in [6, 6.07) is 0. The fourth-order valence-corrected chi connectivity index (χ4v) is 1.72. The first-order chi connectivity index (χ1) is 7.52. The summed E-state index contributed by atoms with van der Waals surface area (Å²) in [5.74, 6) is 1.96. The Hall–Kier alpha value is -0.660. The van der Waals surface area contributed by atoms with Crippen molar-refractivity contribution >= 4 is 12.6 Å². The fraction of sp³-hybridized carbons (Fsp3) is 0.857. The molecule has 0 rings (SSSR count). The molecule has 0 aliphatic heterocycles. The molecule has 0 aromatic rings. The van der Waals surface area contributed by atoms with E-state index < -0.39 is 0 Å². The van der Waals surface area contributed by atoms with Crippen LogP contribution in [0.3, 0.4) is 0 Å². The third-order valence-electron chi connectivity index (χ3n) is 2.70. The van der Waals surface area contributed by atoms with Gasteiger partial charge in [0.05, 0.1) is 0 Å². The van der Waals surface area contributed by atoms with Gasteiger partial charge in [-0.1, -0.05) is 46.5 Å². The lowest BCUT2D eigenvalue weighted by molar-refractivity contribution is -0.117. The molecule has 2 nitrogen and oxygen atoms in total. The molecule has 1 unspecified atom stereocenters. The van der Waals surface area contributed by atoms with Crippen LogP contribution in [0.1, 0.15) is 66.2 Å². The van der Waals surface area contributed by atoms with Crippen LogP contribution >= 0.6 is 0 Å². The highest BCUT2D eigenvalue weighted by Crippen LogP contribution is 2.17. The van der Waals surface area contributed by atoms with Gasteiger partial charge >= 0.3 is 0 Å². The maximum Gasteiger partial charge on any atom is 0.129 e. The van der Waals surface area contributed by atoms with Gasteiger partial charge in [-0.25, -0.2) is 0 Å².